The molecule has 7 aliphatic rings. The van der Waals surface area contributed by atoms with Crippen molar-refractivity contribution in [3.05, 3.63) is 9.81 Å². The standard InChI is InChI=1S/C92H167N7O23S2/c93-33-43-106-49-55-112-61-67-118-70-64-115-58-52-109-46-36-96-85(100)29-39-105-42-32-92(73-121-40-30-86(101)97-37-47-110-53-59-116-65-71-119-68-62-113-56-50-107-44-34-94,74-122-41-31-87(102)98-38-48-111-54-60-117-66-72-120-69-63-114-57-51-108-45-35-95)99-90(103)88(123-83-25-21-81(22-26-83)78-14-8-7-13-77(15-16-78)75-9-3-1-4-10-75)89(91(99)104)124-84-27-23-82(24-28-84)80-19-17-79(18-20-80)76-11-5-2-6-12-76/h75-84H,1-74,93-95H2,(H,96,100)(H,97,101)(H,98,102). The highest BCUT2D eigenvalue weighted by Crippen LogP contribution is 2.52. The quantitative estimate of drug-likeness (QED) is 0.0244. The number of imide groups is 1. The van der Waals surface area contributed by atoms with Crippen LogP contribution in [0.15, 0.2) is 9.81 Å². The average Bonchev–Trinajstić information content (AvgIpc) is 1.60. The van der Waals surface area contributed by atoms with Gasteiger partial charge in [-0.05, 0) is 144 Å². The third-order valence-corrected chi connectivity index (χ3v) is 28.4. The van der Waals surface area contributed by atoms with Crippen molar-refractivity contribution in [2.45, 2.75) is 222 Å². The predicted octanol–water partition coefficient (Wildman–Crippen LogP) is 9.53. The fourth-order valence-electron chi connectivity index (χ4n) is 18.6. The van der Waals surface area contributed by atoms with Crippen LogP contribution in [0, 0.1) is 47.3 Å². The summed E-state index contributed by atoms with van der Waals surface area (Å²) in [6.45, 7) is 14.3. The molecule has 9 N–H and O–H groups in total. The molecule has 32 heteroatoms. The molecule has 2 unspecified atom stereocenters. The van der Waals surface area contributed by atoms with E-state index in [0.717, 1.165) is 86.9 Å². The minimum atomic E-state index is -1.49. The first-order chi connectivity index (χ1) is 61.1. The Hall–Kier alpha value is -2.85. The number of thioether (sulfide) groups is 2. The number of ether oxygens (including phenoxy) is 18. The third kappa shape index (κ3) is 47.5. The molecule has 30 nitrogen and oxygen atoms in total. The molecule has 5 amide bonds. The maximum Gasteiger partial charge on any atom is 0.269 e. The Bertz CT molecular complexity index is 2660. The predicted molar refractivity (Wildman–Crippen MR) is 481 cm³/mol. The van der Waals surface area contributed by atoms with E-state index in [1.54, 1.807) is 23.5 Å². The minimum Gasteiger partial charge on any atom is -0.381 e. The first kappa shape index (κ1) is 108. The van der Waals surface area contributed by atoms with Crippen LogP contribution in [-0.4, -0.2) is 328 Å². The molecule has 0 bridgehead atoms. The van der Waals surface area contributed by atoms with Gasteiger partial charge in [0.1, 0.15) is 0 Å². The zero-order chi connectivity index (χ0) is 87.5. The van der Waals surface area contributed by atoms with Crippen LogP contribution in [0.5, 0.6) is 0 Å². The van der Waals surface area contributed by atoms with Gasteiger partial charge in [0.05, 0.1) is 247 Å². The molecule has 7 rings (SSSR count). The van der Waals surface area contributed by atoms with Gasteiger partial charge < -0.3 is 118 Å². The molecule has 0 aromatic carbocycles. The lowest BCUT2D eigenvalue weighted by Crippen LogP contribution is -2.59. The second-order valence-electron chi connectivity index (χ2n) is 34.3. The summed E-state index contributed by atoms with van der Waals surface area (Å²) in [5, 5.41) is 9.09. The topological polar surface area (TPSA) is 369 Å². The number of hydrogen-bond acceptors (Lipinski definition) is 28. The van der Waals surface area contributed by atoms with Gasteiger partial charge in [-0.25, -0.2) is 0 Å². The summed E-state index contributed by atoms with van der Waals surface area (Å²) < 4.78 is 103. The van der Waals surface area contributed by atoms with E-state index < -0.39 is 5.54 Å². The molecule has 1 heterocycles. The van der Waals surface area contributed by atoms with E-state index in [0.29, 0.717) is 220 Å². The number of nitrogens with two attached hydrogens (primary N) is 3. The average molecular weight is 1800 g/mol. The van der Waals surface area contributed by atoms with Crippen LogP contribution in [0.3, 0.4) is 0 Å². The van der Waals surface area contributed by atoms with Gasteiger partial charge in [-0.2, -0.15) is 0 Å². The fourth-order valence-corrected chi connectivity index (χ4v) is 21.4. The monoisotopic (exact) mass is 1800 g/mol. The van der Waals surface area contributed by atoms with Crippen molar-refractivity contribution >= 4 is 53.1 Å². The number of amides is 5. The molecule has 1 aliphatic heterocycles. The Morgan fingerprint density at radius 2 is 0.476 bits per heavy atom. The van der Waals surface area contributed by atoms with Gasteiger partial charge in [0, 0.05) is 75.6 Å². The Kier molecular flexibility index (Phi) is 62.6. The highest BCUT2D eigenvalue weighted by atomic mass is 32.2. The molecule has 124 heavy (non-hydrogen) atoms. The summed E-state index contributed by atoms with van der Waals surface area (Å²) >= 11 is 3.24. The van der Waals surface area contributed by atoms with Crippen LogP contribution in [0.1, 0.15) is 205 Å². The highest BCUT2D eigenvalue weighted by molar-refractivity contribution is 8.08. The fraction of sp³-hybridized carbons (Fsp3) is 0.924. The molecule has 6 fully saturated rings. The highest BCUT2D eigenvalue weighted by Gasteiger charge is 2.53. The molecule has 6 aliphatic carbocycles. The molecule has 2 atom stereocenters. The van der Waals surface area contributed by atoms with E-state index in [1.165, 1.54) is 133 Å². The molecular formula is C92H167N7O23S2. The maximum atomic E-state index is 16.2. The molecule has 6 saturated carbocycles. The number of nitrogens with zero attached hydrogens (tertiary/aromatic N) is 1. The molecule has 720 valence electrons. The van der Waals surface area contributed by atoms with Crippen molar-refractivity contribution in [2.75, 3.05) is 277 Å². The van der Waals surface area contributed by atoms with Crippen molar-refractivity contribution < 1.29 is 109 Å². The van der Waals surface area contributed by atoms with Crippen LogP contribution in [0.4, 0.5) is 0 Å². The summed E-state index contributed by atoms with van der Waals surface area (Å²) in [6.07, 6.45) is 35.8. The Labute approximate surface area is 752 Å². The van der Waals surface area contributed by atoms with E-state index in [2.05, 4.69) is 16.0 Å². The number of nitrogens with one attached hydrogen (secondary N) is 3. The number of hydrogen-bond donors (Lipinski definition) is 6. The van der Waals surface area contributed by atoms with Gasteiger partial charge in [-0.1, -0.05) is 89.9 Å². The molecule has 0 aromatic heterocycles. The SMILES string of the molecule is NCCOCCOCCOCCOCCOCCNC(=O)CCOCCC(COCCC(=O)NCCOCCOCCOCCOCCOCCN)(COCCC(=O)NCCOCCOCCOCCOCCOCCN)N1C(=O)C(SC2CCC(C3CCCCC(C4CCCCC4)CC3)CC2)=C(SC2CCC(C3CCC(C4CCCCC4)CC3)CC2)C1=O. The van der Waals surface area contributed by atoms with Gasteiger partial charge in [-0.15, -0.1) is 23.5 Å². The second-order valence-corrected chi connectivity index (χ2v) is 36.9. The first-order valence-electron chi connectivity index (χ1n) is 48.4. The first-order valence-corrected chi connectivity index (χ1v) is 50.1. The van der Waals surface area contributed by atoms with Gasteiger partial charge >= 0.3 is 0 Å². The summed E-state index contributed by atoms with van der Waals surface area (Å²) in [5.74, 6) is 4.83. The molecule has 0 aromatic rings. The summed E-state index contributed by atoms with van der Waals surface area (Å²) in [6, 6.07) is 0. The third-order valence-electron chi connectivity index (χ3n) is 25.4. The van der Waals surface area contributed by atoms with Gasteiger partial charge in [0.2, 0.25) is 17.7 Å². The van der Waals surface area contributed by atoms with Crippen LogP contribution < -0.4 is 33.2 Å². The van der Waals surface area contributed by atoms with E-state index in [4.69, 9.17) is 102 Å². The summed E-state index contributed by atoms with van der Waals surface area (Å²) in [4.78, 5) is 75.4. The normalized spacial score (nSPS) is 22.3. The van der Waals surface area contributed by atoms with Crippen molar-refractivity contribution in [3.63, 3.8) is 0 Å². The van der Waals surface area contributed by atoms with E-state index in [-0.39, 0.29) is 145 Å². The van der Waals surface area contributed by atoms with Crippen LogP contribution in [0.2, 0.25) is 0 Å². The van der Waals surface area contributed by atoms with Gasteiger partial charge in [0.15, 0.2) is 0 Å². The number of carbonyl (C=O) groups excluding carboxylic acids is 5. The molecule has 0 radical (unpaired) electrons. The van der Waals surface area contributed by atoms with Crippen LogP contribution in [0.25, 0.3) is 0 Å². The van der Waals surface area contributed by atoms with E-state index in [1.807, 2.05) is 0 Å². The smallest absolute Gasteiger partial charge is 0.269 e. The maximum absolute atomic E-state index is 16.2. The Morgan fingerprint density at radius 3 is 0.742 bits per heavy atom. The lowest BCUT2D eigenvalue weighted by Gasteiger charge is -2.41. The molecular weight excluding hydrogens is 1640 g/mol. The Balaban J connectivity index is 0.998. The zero-order valence-electron chi connectivity index (χ0n) is 76.0. The van der Waals surface area contributed by atoms with Crippen LogP contribution in [-0.2, 0) is 109 Å². The van der Waals surface area contributed by atoms with E-state index in [9.17, 15) is 14.4 Å². The minimum absolute atomic E-state index is 0.0116. The van der Waals surface area contributed by atoms with Gasteiger partial charge in [0.25, 0.3) is 11.8 Å². The summed E-state index contributed by atoms with van der Waals surface area (Å²) in [5.41, 5.74) is 14.9. The van der Waals surface area contributed by atoms with E-state index >= 15 is 9.59 Å². The molecule has 0 spiro atoms. The van der Waals surface area contributed by atoms with Crippen molar-refractivity contribution in [2.24, 2.45) is 64.5 Å². The van der Waals surface area contributed by atoms with Gasteiger partial charge in [-0.3, -0.25) is 28.9 Å². The van der Waals surface area contributed by atoms with Crippen molar-refractivity contribution in [3.8, 4) is 0 Å². The number of rotatable bonds is 76. The number of carbonyl (C=O) groups is 5. The largest absolute Gasteiger partial charge is 0.381 e. The van der Waals surface area contributed by atoms with Crippen molar-refractivity contribution in [1.82, 2.24) is 20.9 Å². The zero-order valence-corrected chi connectivity index (χ0v) is 77.6. The van der Waals surface area contributed by atoms with Crippen LogP contribution >= 0.6 is 23.5 Å². The molecule has 0 saturated heterocycles. The lowest BCUT2D eigenvalue weighted by atomic mass is 9.66. The Morgan fingerprint density at radius 1 is 0.266 bits per heavy atom. The van der Waals surface area contributed by atoms with Crippen molar-refractivity contribution in [1.29, 1.82) is 0 Å². The summed E-state index contributed by atoms with van der Waals surface area (Å²) in [7, 11) is 0. The lowest BCUT2D eigenvalue weighted by molar-refractivity contribution is -0.154. The second kappa shape index (κ2) is 71.8.